The molecule has 0 bridgehead atoms. The van der Waals surface area contributed by atoms with E-state index in [1.54, 1.807) is 20.8 Å². The number of rotatable bonds is 4. The molecular formula is C15H32N2O2S. The van der Waals surface area contributed by atoms with Crippen molar-refractivity contribution in [1.82, 2.24) is 10.2 Å². The molecule has 1 atom stereocenters. The molecule has 0 radical (unpaired) electrons. The lowest BCUT2D eigenvalue weighted by Gasteiger charge is -2.51. The van der Waals surface area contributed by atoms with Gasteiger partial charge in [-0.2, -0.15) is 0 Å². The normalized spacial score (nSPS) is 28.6. The standard InChI is InChI=1S/C15H32N2O2S/c1-8-15(7)11-16-14(5,6)12-17(15)9-10-20(18,19)13(2,3)4/h16H,8-12H2,1-7H3. The van der Waals surface area contributed by atoms with Crippen molar-refractivity contribution in [2.45, 2.75) is 70.7 Å². The fourth-order valence-electron chi connectivity index (χ4n) is 2.50. The topological polar surface area (TPSA) is 49.4 Å². The van der Waals surface area contributed by atoms with Gasteiger partial charge in [0, 0.05) is 30.7 Å². The lowest BCUT2D eigenvalue weighted by atomic mass is 9.88. The van der Waals surface area contributed by atoms with Gasteiger partial charge in [0.05, 0.1) is 10.5 Å². The quantitative estimate of drug-likeness (QED) is 0.863. The van der Waals surface area contributed by atoms with E-state index in [2.05, 4.69) is 37.9 Å². The zero-order valence-electron chi connectivity index (χ0n) is 14.2. The van der Waals surface area contributed by atoms with Crippen molar-refractivity contribution in [2.24, 2.45) is 0 Å². The number of nitrogens with one attached hydrogen (secondary N) is 1. The van der Waals surface area contributed by atoms with Gasteiger partial charge in [0.25, 0.3) is 0 Å². The van der Waals surface area contributed by atoms with Crippen molar-refractivity contribution in [3.63, 3.8) is 0 Å². The van der Waals surface area contributed by atoms with Crippen LogP contribution in [0.4, 0.5) is 0 Å². The Labute approximate surface area is 125 Å². The van der Waals surface area contributed by atoms with Crippen LogP contribution in [0, 0.1) is 0 Å². The van der Waals surface area contributed by atoms with Crippen LogP contribution in [0.25, 0.3) is 0 Å². The molecule has 1 N–H and O–H groups in total. The minimum atomic E-state index is -3.05. The molecule has 0 aromatic heterocycles. The van der Waals surface area contributed by atoms with Crippen LogP contribution < -0.4 is 5.32 Å². The van der Waals surface area contributed by atoms with Gasteiger partial charge >= 0.3 is 0 Å². The molecule has 0 spiro atoms. The average Bonchev–Trinajstić information content (AvgIpc) is 2.29. The summed E-state index contributed by atoms with van der Waals surface area (Å²) >= 11 is 0. The van der Waals surface area contributed by atoms with Crippen molar-refractivity contribution < 1.29 is 8.42 Å². The second kappa shape index (κ2) is 5.58. The average molecular weight is 305 g/mol. The Bertz CT molecular complexity index is 437. The predicted molar refractivity (Wildman–Crippen MR) is 85.9 cm³/mol. The first-order valence-corrected chi connectivity index (χ1v) is 9.21. The Balaban J connectivity index is 2.82. The summed E-state index contributed by atoms with van der Waals surface area (Å²) in [5.74, 6) is 0.238. The largest absolute Gasteiger partial charge is 0.309 e. The first-order chi connectivity index (χ1) is 8.83. The molecule has 0 saturated carbocycles. The molecule has 1 aliphatic heterocycles. The van der Waals surface area contributed by atoms with Gasteiger partial charge in [-0.3, -0.25) is 4.90 Å². The summed E-state index contributed by atoms with van der Waals surface area (Å²) in [5, 5.41) is 3.57. The highest BCUT2D eigenvalue weighted by Crippen LogP contribution is 2.27. The fourth-order valence-corrected chi connectivity index (χ4v) is 3.57. The number of hydrogen-bond donors (Lipinski definition) is 1. The summed E-state index contributed by atoms with van der Waals surface area (Å²) in [4.78, 5) is 2.35. The van der Waals surface area contributed by atoms with Crippen molar-refractivity contribution in [3.8, 4) is 0 Å². The second-order valence-electron chi connectivity index (χ2n) is 7.94. The molecule has 1 heterocycles. The maximum Gasteiger partial charge on any atom is 0.156 e. The molecule has 1 aliphatic rings. The Morgan fingerprint density at radius 1 is 1.20 bits per heavy atom. The first-order valence-electron chi connectivity index (χ1n) is 7.55. The number of piperazine rings is 1. The van der Waals surface area contributed by atoms with E-state index < -0.39 is 14.6 Å². The zero-order chi connectivity index (χ0) is 15.8. The molecule has 0 aliphatic carbocycles. The monoisotopic (exact) mass is 304 g/mol. The van der Waals surface area contributed by atoms with Gasteiger partial charge in [-0.05, 0) is 48.0 Å². The van der Waals surface area contributed by atoms with Crippen LogP contribution in [0.2, 0.25) is 0 Å². The van der Waals surface area contributed by atoms with Gasteiger partial charge in [0.1, 0.15) is 0 Å². The third-order valence-electron chi connectivity index (χ3n) is 4.62. The van der Waals surface area contributed by atoms with Crippen molar-refractivity contribution in [3.05, 3.63) is 0 Å². The summed E-state index contributed by atoms with van der Waals surface area (Å²) in [6.07, 6.45) is 1.02. The molecule has 0 aromatic carbocycles. The number of nitrogens with zero attached hydrogens (tertiary/aromatic N) is 1. The van der Waals surface area contributed by atoms with E-state index in [0.717, 1.165) is 19.5 Å². The molecule has 5 heteroatoms. The minimum absolute atomic E-state index is 0.0418. The molecule has 0 aromatic rings. The van der Waals surface area contributed by atoms with Crippen LogP contribution in [-0.4, -0.2) is 54.5 Å². The molecular weight excluding hydrogens is 272 g/mol. The van der Waals surface area contributed by atoms with Crippen LogP contribution in [0.15, 0.2) is 0 Å². The van der Waals surface area contributed by atoms with E-state index in [9.17, 15) is 8.42 Å². The molecule has 120 valence electrons. The minimum Gasteiger partial charge on any atom is -0.309 e. The molecule has 0 amide bonds. The highest BCUT2D eigenvalue weighted by atomic mass is 32.2. The summed E-state index contributed by atoms with van der Waals surface area (Å²) in [5.41, 5.74) is 0.0864. The van der Waals surface area contributed by atoms with E-state index >= 15 is 0 Å². The predicted octanol–water partition coefficient (Wildman–Crippen LogP) is 2.05. The molecule has 20 heavy (non-hydrogen) atoms. The van der Waals surface area contributed by atoms with Crippen molar-refractivity contribution >= 4 is 9.84 Å². The highest BCUT2D eigenvalue weighted by Gasteiger charge is 2.40. The number of hydrogen-bond acceptors (Lipinski definition) is 4. The van der Waals surface area contributed by atoms with Gasteiger partial charge in [-0.15, -0.1) is 0 Å². The van der Waals surface area contributed by atoms with Crippen LogP contribution in [0.3, 0.4) is 0 Å². The van der Waals surface area contributed by atoms with E-state index in [1.807, 2.05) is 0 Å². The maximum absolute atomic E-state index is 12.3. The zero-order valence-corrected chi connectivity index (χ0v) is 15.0. The third kappa shape index (κ3) is 3.95. The molecule has 1 saturated heterocycles. The van der Waals surface area contributed by atoms with Gasteiger partial charge < -0.3 is 5.32 Å². The Kier molecular flexibility index (Phi) is 5.00. The lowest BCUT2D eigenvalue weighted by Crippen LogP contribution is -2.67. The number of sulfone groups is 1. The van der Waals surface area contributed by atoms with Crippen LogP contribution in [0.5, 0.6) is 0 Å². The van der Waals surface area contributed by atoms with Gasteiger partial charge in [0.2, 0.25) is 0 Å². The van der Waals surface area contributed by atoms with Gasteiger partial charge in [-0.1, -0.05) is 6.92 Å². The molecule has 1 rings (SSSR count). The lowest BCUT2D eigenvalue weighted by molar-refractivity contribution is 0.0296. The van der Waals surface area contributed by atoms with Crippen LogP contribution >= 0.6 is 0 Å². The maximum atomic E-state index is 12.3. The van der Waals surface area contributed by atoms with E-state index in [1.165, 1.54) is 0 Å². The third-order valence-corrected chi connectivity index (χ3v) is 7.21. The summed E-state index contributed by atoms with van der Waals surface area (Å²) in [7, 11) is -3.05. The Morgan fingerprint density at radius 2 is 1.75 bits per heavy atom. The van der Waals surface area contributed by atoms with Gasteiger partial charge in [-0.25, -0.2) is 8.42 Å². The Hall–Kier alpha value is -0.130. The van der Waals surface area contributed by atoms with E-state index in [-0.39, 0.29) is 16.8 Å². The summed E-state index contributed by atoms with van der Waals surface area (Å²) in [6.45, 7) is 16.5. The fraction of sp³-hybridized carbons (Fsp3) is 1.00. The van der Waals surface area contributed by atoms with Crippen molar-refractivity contribution in [2.75, 3.05) is 25.4 Å². The molecule has 4 nitrogen and oxygen atoms in total. The van der Waals surface area contributed by atoms with Crippen molar-refractivity contribution in [1.29, 1.82) is 0 Å². The second-order valence-corrected chi connectivity index (χ2v) is 10.8. The highest BCUT2D eigenvalue weighted by molar-refractivity contribution is 7.92. The van der Waals surface area contributed by atoms with E-state index in [0.29, 0.717) is 6.54 Å². The summed E-state index contributed by atoms with van der Waals surface area (Å²) in [6, 6.07) is 0. The summed E-state index contributed by atoms with van der Waals surface area (Å²) < 4.78 is 24.0. The SMILES string of the molecule is CCC1(C)CNC(C)(C)CN1CCS(=O)(=O)C(C)(C)C. The molecule has 1 fully saturated rings. The van der Waals surface area contributed by atoms with E-state index in [4.69, 9.17) is 0 Å². The van der Waals surface area contributed by atoms with Gasteiger partial charge in [0.15, 0.2) is 9.84 Å². The first kappa shape index (κ1) is 17.9. The van der Waals surface area contributed by atoms with Crippen LogP contribution in [0.1, 0.15) is 54.9 Å². The Morgan fingerprint density at radius 3 is 2.20 bits per heavy atom. The van der Waals surface area contributed by atoms with Crippen LogP contribution in [-0.2, 0) is 9.84 Å². The smallest absolute Gasteiger partial charge is 0.156 e. The molecule has 1 unspecified atom stereocenters.